The molecule has 2 fully saturated rings. The van der Waals surface area contributed by atoms with E-state index < -0.39 is 0 Å². The van der Waals surface area contributed by atoms with Crippen LogP contribution in [-0.4, -0.2) is 73.3 Å². The molecule has 116 valence electrons. The van der Waals surface area contributed by atoms with Crippen molar-refractivity contribution >= 4 is 5.96 Å². The molecule has 2 heterocycles. The molecule has 0 saturated carbocycles. The van der Waals surface area contributed by atoms with Crippen molar-refractivity contribution in [2.45, 2.75) is 38.7 Å². The zero-order chi connectivity index (χ0) is 14.4. The van der Waals surface area contributed by atoms with Gasteiger partial charge < -0.3 is 20.2 Å². The van der Waals surface area contributed by atoms with Gasteiger partial charge in [-0.25, -0.2) is 0 Å². The molecule has 2 saturated heterocycles. The van der Waals surface area contributed by atoms with Gasteiger partial charge in [0.1, 0.15) is 0 Å². The molecule has 1 unspecified atom stereocenters. The van der Waals surface area contributed by atoms with Gasteiger partial charge in [-0.15, -0.1) is 0 Å². The summed E-state index contributed by atoms with van der Waals surface area (Å²) >= 11 is 0. The van der Waals surface area contributed by atoms with Crippen LogP contribution in [0.15, 0.2) is 4.99 Å². The highest BCUT2D eigenvalue weighted by Crippen LogP contribution is 2.16. The molecule has 0 bridgehead atoms. The summed E-state index contributed by atoms with van der Waals surface area (Å²) < 4.78 is 0. The van der Waals surface area contributed by atoms with Gasteiger partial charge in [0.05, 0.1) is 6.10 Å². The Morgan fingerprint density at radius 2 is 2.00 bits per heavy atom. The summed E-state index contributed by atoms with van der Waals surface area (Å²) in [5.74, 6) is 1.73. The molecule has 5 nitrogen and oxygen atoms in total. The van der Waals surface area contributed by atoms with Crippen molar-refractivity contribution < 1.29 is 5.11 Å². The largest absolute Gasteiger partial charge is 0.393 e. The topological polar surface area (TPSA) is 51.1 Å². The number of aliphatic hydroxyl groups excluding tert-OH is 1. The maximum atomic E-state index is 9.61. The van der Waals surface area contributed by atoms with E-state index in [1.54, 1.807) is 0 Å². The third-order valence-electron chi connectivity index (χ3n) is 4.32. The molecule has 0 spiro atoms. The first kappa shape index (κ1) is 15.6. The first-order valence-electron chi connectivity index (χ1n) is 8.09. The molecule has 2 aliphatic rings. The Labute approximate surface area is 123 Å². The van der Waals surface area contributed by atoms with Crippen LogP contribution in [0.2, 0.25) is 0 Å². The smallest absolute Gasteiger partial charge is 0.193 e. The summed E-state index contributed by atoms with van der Waals surface area (Å²) in [5.41, 5.74) is 0. The van der Waals surface area contributed by atoms with Crippen LogP contribution in [-0.2, 0) is 0 Å². The van der Waals surface area contributed by atoms with Crippen molar-refractivity contribution in [1.82, 2.24) is 15.1 Å². The van der Waals surface area contributed by atoms with Gasteiger partial charge >= 0.3 is 0 Å². The molecule has 5 heteroatoms. The predicted molar refractivity (Wildman–Crippen MR) is 83.0 cm³/mol. The zero-order valence-electron chi connectivity index (χ0n) is 13.0. The first-order chi connectivity index (χ1) is 9.69. The number of hydrogen-bond acceptors (Lipinski definition) is 3. The fourth-order valence-electron chi connectivity index (χ4n) is 3.14. The summed E-state index contributed by atoms with van der Waals surface area (Å²) in [5, 5.41) is 13.0. The maximum Gasteiger partial charge on any atom is 0.193 e. The van der Waals surface area contributed by atoms with E-state index in [1.807, 2.05) is 0 Å². The van der Waals surface area contributed by atoms with E-state index in [0.717, 1.165) is 45.0 Å². The predicted octanol–water partition coefficient (Wildman–Crippen LogP) is 0.750. The van der Waals surface area contributed by atoms with E-state index in [2.05, 4.69) is 29.1 Å². The number of aliphatic imine (C=N–C) groups is 1. The van der Waals surface area contributed by atoms with Crippen molar-refractivity contribution in [1.29, 1.82) is 0 Å². The summed E-state index contributed by atoms with van der Waals surface area (Å²) in [6, 6.07) is 0. The van der Waals surface area contributed by atoms with E-state index in [4.69, 9.17) is 4.99 Å². The fourth-order valence-corrected chi connectivity index (χ4v) is 3.14. The standard InChI is InChI=1S/C15H30N4O/c1-3-16-15(19-9-6-14(20)7-10-19)17-11-13-5-4-8-18(2)12-13/h13-14,20H,3-12H2,1-2H3,(H,16,17). The Hall–Kier alpha value is -0.810. The number of piperidine rings is 2. The minimum Gasteiger partial charge on any atom is -0.393 e. The minimum atomic E-state index is -0.124. The minimum absolute atomic E-state index is 0.124. The number of aliphatic hydroxyl groups is 1. The second kappa shape index (κ2) is 7.84. The molecule has 0 aromatic rings. The van der Waals surface area contributed by atoms with Crippen LogP contribution in [0.25, 0.3) is 0 Å². The number of rotatable bonds is 3. The molecular formula is C15H30N4O. The van der Waals surface area contributed by atoms with Crippen molar-refractivity contribution in [3.8, 4) is 0 Å². The van der Waals surface area contributed by atoms with Gasteiger partial charge in [-0.2, -0.15) is 0 Å². The second-order valence-electron chi connectivity index (χ2n) is 6.18. The number of likely N-dealkylation sites (tertiary alicyclic amines) is 2. The van der Waals surface area contributed by atoms with Crippen molar-refractivity contribution in [2.75, 3.05) is 46.3 Å². The highest BCUT2D eigenvalue weighted by molar-refractivity contribution is 5.80. The number of nitrogens with zero attached hydrogens (tertiary/aromatic N) is 3. The molecule has 0 amide bonds. The Morgan fingerprint density at radius 1 is 1.25 bits per heavy atom. The molecule has 2 N–H and O–H groups in total. The lowest BCUT2D eigenvalue weighted by atomic mass is 9.99. The molecule has 0 aromatic carbocycles. The summed E-state index contributed by atoms with van der Waals surface area (Å²) in [4.78, 5) is 9.55. The molecule has 0 aromatic heterocycles. The third kappa shape index (κ3) is 4.63. The Balaban J connectivity index is 1.88. The molecule has 0 aliphatic carbocycles. The Morgan fingerprint density at radius 3 is 2.65 bits per heavy atom. The summed E-state index contributed by atoms with van der Waals surface area (Å²) in [6.45, 7) is 8.16. The lowest BCUT2D eigenvalue weighted by molar-refractivity contribution is 0.108. The van der Waals surface area contributed by atoms with Crippen LogP contribution in [0, 0.1) is 5.92 Å². The molecule has 1 atom stereocenters. The van der Waals surface area contributed by atoms with Gasteiger partial charge in [0.15, 0.2) is 5.96 Å². The van der Waals surface area contributed by atoms with Crippen LogP contribution < -0.4 is 5.32 Å². The summed E-state index contributed by atoms with van der Waals surface area (Å²) in [6.07, 6.45) is 4.18. The fraction of sp³-hybridized carbons (Fsp3) is 0.933. The van der Waals surface area contributed by atoms with E-state index in [-0.39, 0.29) is 6.10 Å². The molecule has 20 heavy (non-hydrogen) atoms. The van der Waals surface area contributed by atoms with Crippen molar-refractivity contribution in [3.63, 3.8) is 0 Å². The highest BCUT2D eigenvalue weighted by Gasteiger charge is 2.21. The van der Waals surface area contributed by atoms with Gasteiger partial charge in [-0.05, 0) is 52.1 Å². The van der Waals surface area contributed by atoms with Crippen LogP contribution in [0.3, 0.4) is 0 Å². The average molecular weight is 282 g/mol. The zero-order valence-corrected chi connectivity index (χ0v) is 13.0. The molecular weight excluding hydrogens is 252 g/mol. The SMILES string of the molecule is CCNC(=NCC1CCCN(C)C1)N1CCC(O)CC1. The second-order valence-corrected chi connectivity index (χ2v) is 6.18. The van der Waals surface area contributed by atoms with E-state index >= 15 is 0 Å². The number of guanidine groups is 1. The Bertz CT molecular complexity index is 313. The third-order valence-corrected chi connectivity index (χ3v) is 4.32. The van der Waals surface area contributed by atoms with Crippen molar-refractivity contribution in [2.24, 2.45) is 10.9 Å². The molecule has 2 rings (SSSR count). The monoisotopic (exact) mass is 282 g/mol. The van der Waals surface area contributed by atoms with E-state index in [0.29, 0.717) is 5.92 Å². The first-order valence-corrected chi connectivity index (χ1v) is 8.09. The quantitative estimate of drug-likeness (QED) is 0.592. The molecule has 2 aliphatic heterocycles. The number of nitrogens with one attached hydrogen (secondary N) is 1. The maximum absolute atomic E-state index is 9.61. The Kier molecular flexibility index (Phi) is 6.10. The van der Waals surface area contributed by atoms with E-state index in [1.165, 1.54) is 25.9 Å². The lowest BCUT2D eigenvalue weighted by Crippen LogP contribution is -2.47. The van der Waals surface area contributed by atoms with E-state index in [9.17, 15) is 5.11 Å². The van der Waals surface area contributed by atoms with Gasteiger partial charge in [0, 0.05) is 32.7 Å². The van der Waals surface area contributed by atoms with Crippen molar-refractivity contribution in [3.05, 3.63) is 0 Å². The van der Waals surface area contributed by atoms with Gasteiger partial charge in [0.25, 0.3) is 0 Å². The van der Waals surface area contributed by atoms with Crippen LogP contribution in [0.4, 0.5) is 0 Å². The average Bonchev–Trinajstić information content (AvgIpc) is 2.44. The molecule has 0 radical (unpaired) electrons. The van der Waals surface area contributed by atoms with Crippen LogP contribution in [0.1, 0.15) is 32.6 Å². The van der Waals surface area contributed by atoms with Gasteiger partial charge in [-0.1, -0.05) is 0 Å². The lowest BCUT2D eigenvalue weighted by Gasteiger charge is -2.33. The number of hydrogen-bond donors (Lipinski definition) is 2. The van der Waals surface area contributed by atoms with Gasteiger partial charge in [0.2, 0.25) is 0 Å². The normalized spacial score (nSPS) is 26.9. The summed E-state index contributed by atoms with van der Waals surface area (Å²) in [7, 11) is 2.20. The van der Waals surface area contributed by atoms with Crippen LogP contribution in [0.5, 0.6) is 0 Å². The highest BCUT2D eigenvalue weighted by atomic mass is 16.3. The van der Waals surface area contributed by atoms with Gasteiger partial charge in [-0.3, -0.25) is 4.99 Å². The van der Waals surface area contributed by atoms with Crippen LogP contribution >= 0.6 is 0 Å².